The molecule has 0 N–H and O–H groups in total. The molecule has 3 unspecified atom stereocenters. The molecule has 0 aliphatic heterocycles. The summed E-state index contributed by atoms with van der Waals surface area (Å²) in [7, 11) is 0. The first kappa shape index (κ1) is 17.1. The SMILES string of the molecule is CCCC(C)C(CCC(C)C)C(C)(CC)C1(C)CC1. The van der Waals surface area contributed by atoms with Gasteiger partial charge in [0.1, 0.15) is 0 Å². The van der Waals surface area contributed by atoms with Crippen molar-refractivity contribution in [1.82, 2.24) is 0 Å². The number of rotatable bonds is 9. The lowest BCUT2D eigenvalue weighted by molar-refractivity contribution is 0.0287. The van der Waals surface area contributed by atoms with Crippen LogP contribution >= 0.6 is 0 Å². The van der Waals surface area contributed by atoms with Gasteiger partial charge in [0.05, 0.1) is 0 Å². The average Bonchev–Trinajstić information content (AvgIpc) is 3.08. The molecule has 0 amide bonds. The molecule has 0 heterocycles. The van der Waals surface area contributed by atoms with Gasteiger partial charge >= 0.3 is 0 Å². The van der Waals surface area contributed by atoms with Gasteiger partial charge in [-0.3, -0.25) is 0 Å². The van der Waals surface area contributed by atoms with E-state index >= 15 is 0 Å². The average molecular weight is 267 g/mol. The molecule has 0 nitrogen and oxygen atoms in total. The van der Waals surface area contributed by atoms with Crippen LogP contribution in [-0.2, 0) is 0 Å². The van der Waals surface area contributed by atoms with Gasteiger partial charge in [-0.1, -0.05) is 67.7 Å². The summed E-state index contributed by atoms with van der Waals surface area (Å²) in [6, 6.07) is 0. The van der Waals surface area contributed by atoms with Crippen LogP contribution < -0.4 is 0 Å². The van der Waals surface area contributed by atoms with E-state index in [-0.39, 0.29) is 0 Å². The molecule has 0 spiro atoms. The Morgan fingerprint density at radius 3 is 1.95 bits per heavy atom. The smallest absolute Gasteiger partial charge is 0.0244 e. The number of hydrogen-bond donors (Lipinski definition) is 0. The Morgan fingerprint density at radius 2 is 1.58 bits per heavy atom. The van der Waals surface area contributed by atoms with Gasteiger partial charge in [-0.15, -0.1) is 0 Å². The maximum absolute atomic E-state index is 2.61. The summed E-state index contributed by atoms with van der Waals surface area (Å²) in [6.45, 7) is 17.2. The van der Waals surface area contributed by atoms with Crippen LogP contribution in [0.1, 0.15) is 93.4 Å². The topological polar surface area (TPSA) is 0 Å². The van der Waals surface area contributed by atoms with Crippen LogP contribution in [0.3, 0.4) is 0 Å². The van der Waals surface area contributed by atoms with Crippen LogP contribution in [0.2, 0.25) is 0 Å². The van der Waals surface area contributed by atoms with Crippen LogP contribution in [0.25, 0.3) is 0 Å². The van der Waals surface area contributed by atoms with E-state index in [0.717, 1.165) is 17.8 Å². The van der Waals surface area contributed by atoms with E-state index in [4.69, 9.17) is 0 Å². The van der Waals surface area contributed by atoms with Crippen LogP contribution in [0, 0.1) is 28.6 Å². The molecule has 114 valence electrons. The molecule has 0 heteroatoms. The summed E-state index contributed by atoms with van der Waals surface area (Å²) in [4.78, 5) is 0. The summed E-state index contributed by atoms with van der Waals surface area (Å²) in [6.07, 6.45) is 9.90. The molecular formula is C19H38. The Balaban J connectivity index is 2.86. The fourth-order valence-corrected chi connectivity index (χ4v) is 4.30. The van der Waals surface area contributed by atoms with Gasteiger partial charge in [0.15, 0.2) is 0 Å². The molecular weight excluding hydrogens is 228 g/mol. The van der Waals surface area contributed by atoms with E-state index < -0.39 is 0 Å². The summed E-state index contributed by atoms with van der Waals surface area (Å²) < 4.78 is 0. The summed E-state index contributed by atoms with van der Waals surface area (Å²) in [5, 5.41) is 0. The Kier molecular flexibility index (Phi) is 5.96. The summed E-state index contributed by atoms with van der Waals surface area (Å²) >= 11 is 0. The molecule has 0 radical (unpaired) electrons. The largest absolute Gasteiger partial charge is 0.0654 e. The minimum Gasteiger partial charge on any atom is -0.0654 e. The third kappa shape index (κ3) is 3.76. The van der Waals surface area contributed by atoms with Crippen molar-refractivity contribution in [3.63, 3.8) is 0 Å². The van der Waals surface area contributed by atoms with Crippen molar-refractivity contribution in [3.8, 4) is 0 Å². The lowest BCUT2D eigenvalue weighted by Gasteiger charge is -2.46. The van der Waals surface area contributed by atoms with Gasteiger partial charge in [-0.25, -0.2) is 0 Å². The predicted octanol–water partition coefficient (Wildman–Crippen LogP) is 6.69. The highest BCUT2D eigenvalue weighted by Gasteiger charge is 2.55. The van der Waals surface area contributed by atoms with Crippen LogP contribution in [0.4, 0.5) is 0 Å². The monoisotopic (exact) mass is 266 g/mol. The third-order valence-electron chi connectivity index (χ3n) is 6.42. The van der Waals surface area contributed by atoms with E-state index in [0.29, 0.717) is 10.8 Å². The Bertz CT molecular complexity index is 261. The summed E-state index contributed by atoms with van der Waals surface area (Å²) in [5.41, 5.74) is 1.21. The van der Waals surface area contributed by atoms with Crippen LogP contribution in [0.15, 0.2) is 0 Å². The van der Waals surface area contributed by atoms with Crippen LogP contribution in [0.5, 0.6) is 0 Å². The lowest BCUT2D eigenvalue weighted by atomic mass is 9.59. The van der Waals surface area contributed by atoms with Gasteiger partial charge in [0.25, 0.3) is 0 Å². The van der Waals surface area contributed by atoms with Crippen molar-refractivity contribution in [3.05, 3.63) is 0 Å². The quantitative estimate of drug-likeness (QED) is 0.436. The second kappa shape index (κ2) is 6.64. The lowest BCUT2D eigenvalue weighted by Crippen LogP contribution is -2.38. The number of hydrogen-bond acceptors (Lipinski definition) is 0. The fraction of sp³-hybridized carbons (Fsp3) is 1.00. The predicted molar refractivity (Wildman–Crippen MR) is 87.4 cm³/mol. The highest BCUT2D eigenvalue weighted by Crippen LogP contribution is 2.64. The molecule has 0 aromatic rings. The molecule has 1 fully saturated rings. The molecule has 19 heavy (non-hydrogen) atoms. The van der Waals surface area contributed by atoms with Crippen molar-refractivity contribution in [2.24, 2.45) is 28.6 Å². The molecule has 1 rings (SSSR count). The fourth-order valence-electron chi connectivity index (χ4n) is 4.30. The minimum absolute atomic E-state index is 0.566. The van der Waals surface area contributed by atoms with E-state index in [1.807, 2.05) is 0 Å². The first-order valence-corrected chi connectivity index (χ1v) is 8.80. The first-order valence-electron chi connectivity index (χ1n) is 8.80. The minimum atomic E-state index is 0.566. The Labute approximate surface area is 122 Å². The van der Waals surface area contributed by atoms with E-state index in [1.165, 1.54) is 44.9 Å². The Hall–Kier alpha value is 0. The molecule has 3 atom stereocenters. The van der Waals surface area contributed by atoms with Crippen molar-refractivity contribution in [2.75, 3.05) is 0 Å². The second-order valence-corrected chi connectivity index (χ2v) is 8.18. The second-order valence-electron chi connectivity index (χ2n) is 8.18. The van der Waals surface area contributed by atoms with E-state index in [2.05, 4.69) is 48.5 Å². The van der Waals surface area contributed by atoms with Gasteiger partial charge < -0.3 is 0 Å². The maximum Gasteiger partial charge on any atom is -0.0244 e. The van der Waals surface area contributed by atoms with Crippen molar-refractivity contribution < 1.29 is 0 Å². The molecule has 1 aliphatic rings. The molecule has 0 bridgehead atoms. The van der Waals surface area contributed by atoms with Crippen molar-refractivity contribution in [2.45, 2.75) is 93.4 Å². The van der Waals surface area contributed by atoms with Crippen molar-refractivity contribution in [1.29, 1.82) is 0 Å². The molecule has 0 saturated heterocycles. The molecule has 0 aromatic carbocycles. The normalized spacial score (nSPS) is 24.0. The third-order valence-corrected chi connectivity index (χ3v) is 6.42. The van der Waals surface area contributed by atoms with Gasteiger partial charge in [-0.2, -0.15) is 0 Å². The maximum atomic E-state index is 2.61. The zero-order valence-electron chi connectivity index (χ0n) is 14.7. The van der Waals surface area contributed by atoms with E-state index in [9.17, 15) is 0 Å². The Morgan fingerprint density at radius 1 is 1.00 bits per heavy atom. The highest BCUT2D eigenvalue weighted by molar-refractivity contribution is 5.05. The van der Waals surface area contributed by atoms with E-state index in [1.54, 1.807) is 0 Å². The van der Waals surface area contributed by atoms with Gasteiger partial charge in [0.2, 0.25) is 0 Å². The first-order chi connectivity index (χ1) is 8.80. The summed E-state index contributed by atoms with van der Waals surface area (Å²) in [5.74, 6) is 2.67. The zero-order chi connectivity index (χ0) is 14.7. The molecule has 1 aliphatic carbocycles. The van der Waals surface area contributed by atoms with Crippen molar-refractivity contribution >= 4 is 0 Å². The highest BCUT2D eigenvalue weighted by atomic mass is 14.6. The molecule has 1 saturated carbocycles. The van der Waals surface area contributed by atoms with Gasteiger partial charge in [0, 0.05) is 0 Å². The zero-order valence-corrected chi connectivity index (χ0v) is 14.7. The van der Waals surface area contributed by atoms with Crippen LogP contribution in [-0.4, -0.2) is 0 Å². The van der Waals surface area contributed by atoms with Gasteiger partial charge in [-0.05, 0) is 54.3 Å². The standard InChI is InChI=1S/C19H38/c1-8-10-16(5)17(12-11-15(3)4)19(7,9-2)18(6)13-14-18/h15-17H,8-14H2,1-7H3. The molecule has 0 aromatic heterocycles.